The molecule has 3 aromatic rings. The molecule has 1 amide bonds. The molecule has 1 atom stereocenters. The number of carbonyl (C=O) groups excluding carboxylic acids is 1. The third-order valence-electron chi connectivity index (χ3n) is 5.16. The Kier molecular flexibility index (Phi) is 5.98. The van der Waals surface area contributed by atoms with Crippen molar-refractivity contribution in [2.75, 3.05) is 6.54 Å². The van der Waals surface area contributed by atoms with Gasteiger partial charge in [0.1, 0.15) is 21.8 Å². The minimum atomic E-state index is -0.153. The number of ether oxygens (including phenoxy) is 1. The average molecular weight is 434 g/mol. The summed E-state index contributed by atoms with van der Waals surface area (Å²) >= 11 is 1.48. The number of fused-ring (bicyclic) bond motifs is 1. The first-order valence-electron chi connectivity index (χ1n) is 10.2. The van der Waals surface area contributed by atoms with Gasteiger partial charge in [-0.1, -0.05) is 29.5 Å². The van der Waals surface area contributed by atoms with Gasteiger partial charge >= 0.3 is 0 Å². The van der Waals surface area contributed by atoms with Gasteiger partial charge in [0.25, 0.3) is 0 Å². The normalized spacial score (nSPS) is 14.9. The Morgan fingerprint density at radius 2 is 2.13 bits per heavy atom. The second-order valence-electron chi connectivity index (χ2n) is 7.64. The maximum atomic E-state index is 11.7. The molecule has 1 heterocycles. The molecule has 0 radical (unpaired) electrons. The number of rotatable bonds is 6. The largest absolute Gasteiger partial charge is 0.490 e. The zero-order valence-electron chi connectivity index (χ0n) is 17.4. The monoisotopic (exact) mass is 433 g/mol. The molecule has 3 N–H and O–H groups in total. The van der Waals surface area contributed by atoms with Crippen LogP contribution in [0.5, 0.6) is 5.75 Å². The van der Waals surface area contributed by atoms with E-state index in [0.29, 0.717) is 11.3 Å². The highest BCUT2D eigenvalue weighted by atomic mass is 32.1. The van der Waals surface area contributed by atoms with Gasteiger partial charge in [0, 0.05) is 11.1 Å². The summed E-state index contributed by atoms with van der Waals surface area (Å²) in [6.07, 6.45) is 1.69. The SMILES string of the molecule is CC(C)Oc1ccc(-c2nnc(-c3cccc4c3CC[C@H]4NC(=O)CN)s2)cc1C#N. The topological polar surface area (TPSA) is 114 Å². The number of carbonyl (C=O) groups is 1. The molecule has 2 aromatic carbocycles. The van der Waals surface area contributed by atoms with E-state index in [1.165, 1.54) is 16.9 Å². The summed E-state index contributed by atoms with van der Waals surface area (Å²) in [7, 11) is 0. The van der Waals surface area contributed by atoms with Crippen LogP contribution in [-0.4, -0.2) is 28.8 Å². The quantitative estimate of drug-likeness (QED) is 0.614. The van der Waals surface area contributed by atoms with Crippen molar-refractivity contribution in [2.24, 2.45) is 5.73 Å². The molecular weight excluding hydrogens is 410 g/mol. The lowest BCUT2D eigenvalue weighted by molar-refractivity contribution is -0.120. The second kappa shape index (κ2) is 8.84. The predicted molar refractivity (Wildman–Crippen MR) is 120 cm³/mol. The van der Waals surface area contributed by atoms with Gasteiger partial charge in [0.05, 0.1) is 24.3 Å². The van der Waals surface area contributed by atoms with Crippen LogP contribution in [0, 0.1) is 11.3 Å². The van der Waals surface area contributed by atoms with Gasteiger partial charge in [0.15, 0.2) is 0 Å². The predicted octanol–water partition coefficient (Wildman–Crippen LogP) is 3.59. The van der Waals surface area contributed by atoms with Gasteiger partial charge in [-0.2, -0.15) is 5.26 Å². The summed E-state index contributed by atoms with van der Waals surface area (Å²) in [6.45, 7) is 3.84. The van der Waals surface area contributed by atoms with E-state index in [0.717, 1.165) is 39.5 Å². The van der Waals surface area contributed by atoms with Gasteiger partial charge in [-0.3, -0.25) is 4.79 Å². The van der Waals surface area contributed by atoms with Crippen molar-refractivity contribution in [3.8, 4) is 33.0 Å². The highest BCUT2D eigenvalue weighted by Crippen LogP contribution is 2.40. The van der Waals surface area contributed by atoms with Crippen LogP contribution in [0.25, 0.3) is 21.1 Å². The summed E-state index contributed by atoms with van der Waals surface area (Å²) in [5, 5.41) is 22.8. The Morgan fingerprint density at radius 3 is 2.87 bits per heavy atom. The first-order valence-corrected chi connectivity index (χ1v) is 11.0. The van der Waals surface area contributed by atoms with E-state index < -0.39 is 0 Å². The fourth-order valence-electron chi connectivity index (χ4n) is 3.81. The first kappa shape index (κ1) is 21.0. The Labute approximate surface area is 184 Å². The number of benzene rings is 2. The molecule has 1 aromatic heterocycles. The molecular formula is C23H23N5O2S. The minimum Gasteiger partial charge on any atom is -0.490 e. The molecule has 0 saturated heterocycles. The zero-order valence-corrected chi connectivity index (χ0v) is 18.2. The molecule has 0 unspecified atom stereocenters. The number of nitrogens with two attached hydrogens (primary N) is 1. The van der Waals surface area contributed by atoms with Gasteiger partial charge < -0.3 is 15.8 Å². The zero-order chi connectivity index (χ0) is 22.0. The van der Waals surface area contributed by atoms with E-state index >= 15 is 0 Å². The first-order chi connectivity index (χ1) is 15.0. The van der Waals surface area contributed by atoms with E-state index in [4.69, 9.17) is 10.5 Å². The minimum absolute atomic E-state index is 0.00952. The molecule has 0 fully saturated rings. The second-order valence-corrected chi connectivity index (χ2v) is 8.62. The summed E-state index contributed by atoms with van der Waals surface area (Å²) in [4.78, 5) is 11.7. The van der Waals surface area contributed by atoms with Crippen LogP contribution in [0.3, 0.4) is 0 Å². The molecule has 7 nitrogen and oxygen atoms in total. The third kappa shape index (κ3) is 4.29. The maximum Gasteiger partial charge on any atom is 0.234 e. The molecule has 0 aliphatic heterocycles. The molecule has 0 spiro atoms. The highest BCUT2D eigenvalue weighted by Gasteiger charge is 2.27. The highest BCUT2D eigenvalue weighted by molar-refractivity contribution is 7.17. The van der Waals surface area contributed by atoms with Crippen molar-refractivity contribution in [1.29, 1.82) is 5.26 Å². The van der Waals surface area contributed by atoms with Crippen LogP contribution < -0.4 is 15.8 Å². The summed E-state index contributed by atoms with van der Waals surface area (Å²) in [5.74, 6) is 0.414. The van der Waals surface area contributed by atoms with Crippen LogP contribution in [0.2, 0.25) is 0 Å². The van der Waals surface area contributed by atoms with E-state index in [-0.39, 0.29) is 24.6 Å². The van der Waals surface area contributed by atoms with Crippen molar-refractivity contribution in [1.82, 2.24) is 15.5 Å². The van der Waals surface area contributed by atoms with Gasteiger partial charge in [0.2, 0.25) is 5.91 Å². The Morgan fingerprint density at radius 1 is 1.32 bits per heavy atom. The molecule has 4 rings (SSSR count). The van der Waals surface area contributed by atoms with E-state index in [1.54, 1.807) is 12.1 Å². The molecule has 31 heavy (non-hydrogen) atoms. The van der Waals surface area contributed by atoms with Crippen LogP contribution in [0.15, 0.2) is 36.4 Å². The van der Waals surface area contributed by atoms with Crippen LogP contribution in [-0.2, 0) is 11.2 Å². The lowest BCUT2D eigenvalue weighted by Crippen LogP contribution is -2.32. The molecule has 1 aliphatic carbocycles. The lowest BCUT2D eigenvalue weighted by atomic mass is 10.0. The van der Waals surface area contributed by atoms with Gasteiger partial charge in [-0.05, 0) is 56.0 Å². The maximum absolute atomic E-state index is 11.7. The van der Waals surface area contributed by atoms with Crippen LogP contribution in [0.1, 0.15) is 43.0 Å². The van der Waals surface area contributed by atoms with Crippen LogP contribution in [0.4, 0.5) is 0 Å². The lowest BCUT2D eigenvalue weighted by Gasteiger charge is -2.13. The number of aromatic nitrogens is 2. The molecule has 0 bridgehead atoms. The Hall–Kier alpha value is -3.28. The van der Waals surface area contributed by atoms with Gasteiger partial charge in [-0.25, -0.2) is 0 Å². The van der Waals surface area contributed by atoms with Crippen molar-refractivity contribution in [2.45, 2.75) is 38.8 Å². The number of nitriles is 1. The smallest absolute Gasteiger partial charge is 0.234 e. The number of nitrogens with one attached hydrogen (secondary N) is 1. The molecule has 158 valence electrons. The fourth-order valence-corrected chi connectivity index (χ4v) is 4.71. The van der Waals surface area contributed by atoms with E-state index in [1.807, 2.05) is 38.1 Å². The molecule has 0 saturated carbocycles. The number of nitrogens with zero attached hydrogens (tertiary/aromatic N) is 3. The van der Waals surface area contributed by atoms with Crippen LogP contribution >= 0.6 is 11.3 Å². The Balaban J connectivity index is 1.64. The van der Waals surface area contributed by atoms with Crippen molar-refractivity contribution >= 4 is 17.2 Å². The average Bonchev–Trinajstić information content (AvgIpc) is 3.41. The fraction of sp³-hybridized carbons (Fsp3) is 0.304. The van der Waals surface area contributed by atoms with Crippen molar-refractivity contribution in [3.63, 3.8) is 0 Å². The number of hydrogen-bond donors (Lipinski definition) is 2. The summed E-state index contributed by atoms with van der Waals surface area (Å²) in [6, 6.07) is 13.7. The van der Waals surface area contributed by atoms with Gasteiger partial charge in [-0.15, -0.1) is 10.2 Å². The van der Waals surface area contributed by atoms with E-state index in [9.17, 15) is 10.1 Å². The standard InChI is InChI=1S/C23H23N5O2S/c1-13(2)30-20-9-6-14(10-15(20)11-24)22-27-28-23(31-22)18-5-3-4-17-16(18)7-8-19(17)26-21(29)12-25/h3-6,9-10,13,19H,7-8,12,25H2,1-2H3,(H,26,29)/t19-/m1/s1. The molecule has 1 aliphatic rings. The summed E-state index contributed by atoms with van der Waals surface area (Å²) < 4.78 is 5.70. The van der Waals surface area contributed by atoms with Crippen molar-refractivity contribution in [3.05, 3.63) is 53.1 Å². The Bertz CT molecular complexity index is 1170. The summed E-state index contributed by atoms with van der Waals surface area (Å²) in [5.41, 5.74) is 10.1. The van der Waals surface area contributed by atoms with Crippen molar-refractivity contribution < 1.29 is 9.53 Å². The van der Waals surface area contributed by atoms with E-state index in [2.05, 4.69) is 21.6 Å². The number of amides is 1. The number of hydrogen-bond acceptors (Lipinski definition) is 7. The molecule has 8 heteroatoms. The third-order valence-corrected chi connectivity index (χ3v) is 6.16.